The maximum atomic E-state index is 13.1. The zero-order valence-electron chi connectivity index (χ0n) is 17.6. The van der Waals surface area contributed by atoms with Gasteiger partial charge < -0.3 is 15.1 Å². The van der Waals surface area contributed by atoms with Crippen LogP contribution in [0.4, 0.5) is 5.69 Å². The van der Waals surface area contributed by atoms with Gasteiger partial charge >= 0.3 is 0 Å². The second-order valence-corrected chi connectivity index (χ2v) is 8.85. The fourth-order valence-corrected chi connectivity index (χ4v) is 4.64. The lowest BCUT2D eigenvalue weighted by atomic mass is 10.1. The van der Waals surface area contributed by atoms with Crippen LogP contribution in [0.5, 0.6) is 0 Å². The number of carbonyl (C=O) groups is 3. The van der Waals surface area contributed by atoms with E-state index in [1.54, 1.807) is 4.90 Å². The molecule has 3 amide bonds. The van der Waals surface area contributed by atoms with Crippen molar-refractivity contribution < 1.29 is 14.4 Å². The first-order chi connectivity index (χ1) is 15.1. The molecule has 0 radical (unpaired) electrons. The van der Waals surface area contributed by atoms with E-state index >= 15 is 0 Å². The summed E-state index contributed by atoms with van der Waals surface area (Å²) >= 11 is 0. The van der Waals surface area contributed by atoms with Gasteiger partial charge in [-0.15, -0.1) is 0 Å². The average Bonchev–Trinajstić information content (AvgIpc) is 3.51. The summed E-state index contributed by atoms with van der Waals surface area (Å²) in [6.07, 6.45) is 2.43. The van der Waals surface area contributed by atoms with Crippen LogP contribution in [0, 0.1) is 5.92 Å². The topological polar surface area (TPSA) is 73.0 Å². The number of benzene rings is 2. The Balaban J connectivity index is 1.19. The Morgan fingerprint density at radius 3 is 2.48 bits per heavy atom. The number of amides is 3. The molecule has 2 saturated heterocycles. The highest BCUT2D eigenvalue weighted by Gasteiger charge is 2.38. The van der Waals surface area contributed by atoms with Crippen LogP contribution in [-0.2, 0) is 14.4 Å². The molecule has 0 aromatic heterocycles. The molecule has 7 nitrogen and oxygen atoms in total. The molecule has 162 valence electrons. The van der Waals surface area contributed by atoms with E-state index in [9.17, 15) is 14.4 Å². The minimum Gasteiger partial charge on any atom is -0.352 e. The summed E-state index contributed by atoms with van der Waals surface area (Å²) < 4.78 is 0. The summed E-state index contributed by atoms with van der Waals surface area (Å²) in [6.45, 7) is 3.42. The molecule has 1 atom stereocenters. The van der Waals surface area contributed by atoms with E-state index in [1.165, 1.54) is 0 Å². The molecule has 2 aliphatic heterocycles. The van der Waals surface area contributed by atoms with Crippen LogP contribution in [0.25, 0.3) is 10.8 Å². The van der Waals surface area contributed by atoms with Gasteiger partial charge in [-0.1, -0.05) is 36.4 Å². The molecule has 1 saturated carbocycles. The second kappa shape index (κ2) is 8.30. The summed E-state index contributed by atoms with van der Waals surface area (Å²) in [4.78, 5) is 43.6. The molecule has 2 aromatic rings. The smallest absolute Gasteiger partial charge is 0.234 e. The van der Waals surface area contributed by atoms with Crippen LogP contribution < -0.4 is 10.2 Å². The van der Waals surface area contributed by atoms with E-state index in [0.717, 1.165) is 29.3 Å². The Morgan fingerprint density at radius 1 is 0.968 bits per heavy atom. The highest BCUT2D eigenvalue weighted by molar-refractivity contribution is 6.07. The quantitative estimate of drug-likeness (QED) is 0.798. The Hall–Kier alpha value is -2.93. The van der Waals surface area contributed by atoms with Gasteiger partial charge in [0.15, 0.2) is 0 Å². The second-order valence-electron chi connectivity index (χ2n) is 8.85. The average molecular weight is 421 g/mol. The SMILES string of the molecule is O=C(CN1CCN(C(=O)[C@@H]2CC(=O)N(c3cccc4ccccc34)C2)CC1)NC1CC1. The van der Waals surface area contributed by atoms with Crippen molar-refractivity contribution in [2.75, 3.05) is 44.2 Å². The number of hydrogen-bond donors (Lipinski definition) is 1. The van der Waals surface area contributed by atoms with Gasteiger partial charge in [0, 0.05) is 50.6 Å². The molecular formula is C24H28N4O3. The number of piperazine rings is 1. The van der Waals surface area contributed by atoms with Crippen LogP contribution in [0.1, 0.15) is 19.3 Å². The first kappa shape index (κ1) is 20.0. The summed E-state index contributed by atoms with van der Waals surface area (Å²) in [5, 5.41) is 5.13. The van der Waals surface area contributed by atoms with Crippen molar-refractivity contribution >= 4 is 34.2 Å². The fourth-order valence-electron chi connectivity index (χ4n) is 4.64. The van der Waals surface area contributed by atoms with Crippen molar-refractivity contribution in [1.82, 2.24) is 15.1 Å². The van der Waals surface area contributed by atoms with Gasteiger partial charge in [0.05, 0.1) is 18.2 Å². The number of nitrogens with zero attached hydrogens (tertiary/aromatic N) is 3. The van der Waals surface area contributed by atoms with Crippen molar-refractivity contribution in [3.63, 3.8) is 0 Å². The molecule has 5 rings (SSSR count). The number of nitrogens with one attached hydrogen (secondary N) is 1. The molecule has 1 N–H and O–H groups in total. The van der Waals surface area contributed by atoms with Gasteiger partial charge in [-0.25, -0.2) is 0 Å². The van der Waals surface area contributed by atoms with Gasteiger partial charge in [-0.2, -0.15) is 0 Å². The van der Waals surface area contributed by atoms with Crippen molar-refractivity contribution in [3.05, 3.63) is 42.5 Å². The number of anilines is 1. The number of fused-ring (bicyclic) bond motifs is 1. The lowest BCUT2D eigenvalue weighted by molar-refractivity contribution is -0.137. The van der Waals surface area contributed by atoms with E-state index in [0.29, 0.717) is 45.3 Å². The van der Waals surface area contributed by atoms with Crippen LogP contribution in [0.2, 0.25) is 0 Å². The third-order valence-electron chi connectivity index (χ3n) is 6.53. The molecule has 3 aliphatic rings. The summed E-state index contributed by atoms with van der Waals surface area (Å²) in [6, 6.07) is 14.3. The lowest BCUT2D eigenvalue weighted by Gasteiger charge is -2.35. The minimum atomic E-state index is -0.309. The fraction of sp³-hybridized carbons (Fsp3) is 0.458. The zero-order valence-corrected chi connectivity index (χ0v) is 17.6. The number of rotatable bonds is 5. The van der Waals surface area contributed by atoms with Crippen LogP contribution in [0.15, 0.2) is 42.5 Å². The standard InChI is InChI=1S/C24H28N4O3/c29-22(25-19-8-9-19)16-26-10-12-27(13-11-26)24(31)18-14-23(30)28(15-18)21-7-3-5-17-4-1-2-6-20(17)21/h1-7,18-19H,8-16H2,(H,25,29)/t18-/m1/s1. The van der Waals surface area contributed by atoms with E-state index < -0.39 is 0 Å². The van der Waals surface area contributed by atoms with Crippen molar-refractivity contribution in [3.8, 4) is 0 Å². The van der Waals surface area contributed by atoms with Gasteiger partial charge in [0.2, 0.25) is 17.7 Å². The first-order valence-electron chi connectivity index (χ1n) is 11.2. The Morgan fingerprint density at radius 2 is 1.71 bits per heavy atom. The predicted molar refractivity (Wildman–Crippen MR) is 119 cm³/mol. The van der Waals surface area contributed by atoms with Gasteiger partial charge in [-0.3, -0.25) is 19.3 Å². The highest BCUT2D eigenvalue weighted by atomic mass is 16.2. The number of carbonyl (C=O) groups excluding carboxylic acids is 3. The summed E-state index contributed by atoms with van der Waals surface area (Å²) in [7, 11) is 0. The molecule has 7 heteroatoms. The Kier molecular flexibility index (Phi) is 5.36. The predicted octanol–water partition coefficient (Wildman–Crippen LogP) is 1.62. The van der Waals surface area contributed by atoms with Crippen LogP contribution >= 0.6 is 0 Å². The minimum absolute atomic E-state index is 0.00471. The molecule has 31 heavy (non-hydrogen) atoms. The molecule has 3 fully saturated rings. The third kappa shape index (κ3) is 4.28. The molecule has 0 bridgehead atoms. The van der Waals surface area contributed by atoms with E-state index in [2.05, 4.69) is 10.2 Å². The number of hydrogen-bond acceptors (Lipinski definition) is 4. The molecule has 0 spiro atoms. The molecule has 0 unspecified atom stereocenters. The molecule has 2 heterocycles. The van der Waals surface area contributed by atoms with Crippen molar-refractivity contribution in [2.24, 2.45) is 5.92 Å². The lowest BCUT2D eigenvalue weighted by Crippen LogP contribution is -2.52. The van der Waals surface area contributed by atoms with Crippen molar-refractivity contribution in [1.29, 1.82) is 0 Å². The molecular weight excluding hydrogens is 392 g/mol. The van der Waals surface area contributed by atoms with Crippen molar-refractivity contribution in [2.45, 2.75) is 25.3 Å². The monoisotopic (exact) mass is 420 g/mol. The first-order valence-corrected chi connectivity index (χ1v) is 11.2. The van der Waals surface area contributed by atoms with E-state index in [4.69, 9.17) is 0 Å². The van der Waals surface area contributed by atoms with Crippen LogP contribution in [0.3, 0.4) is 0 Å². The third-order valence-corrected chi connectivity index (χ3v) is 6.53. The zero-order chi connectivity index (χ0) is 21.4. The maximum absolute atomic E-state index is 13.1. The maximum Gasteiger partial charge on any atom is 0.234 e. The Labute approximate surface area is 182 Å². The largest absolute Gasteiger partial charge is 0.352 e. The van der Waals surface area contributed by atoms with Gasteiger partial charge in [0.1, 0.15) is 0 Å². The normalized spacial score (nSPS) is 22.2. The summed E-state index contributed by atoms with van der Waals surface area (Å²) in [5.41, 5.74) is 0.880. The molecule has 2 aromatic carbocycles. The van der Waals surface area contributed by atoms with Gasteiger partial charge in [0.25, 0.3) is 0 Å². The van der Waals surface area contributed by atoms with E-state index in [-0.39, 0.29) is 30.1 Å². The summed E-state index contributed by atoms with van der Waals surface area (Å²) in [5.74, 6) is -0.172. The Bertz CT molecular complexity index is 1010. The highest BCUT2D eigenvalue weighted by Crippen LogP contribution is 2.32. The van der Waals surface area contributed by atoms with Crippen LogP contribution in [-0.4, -0.2) is 72.8 Å². The van der Waals surface area contributed by atoms with E-state index in [1.807, 2.05) is 47.4 Å². The molecule has 1 aliphatic carbocycles. The van der Waals surface area contributed by atoms with Gasteiger partial charge in [-0.05, 0) is 24.3 Å².